The van der Waals surface area contributed by atoms with Crippen LogP contribution in [0, 0.1) is 5.82 Å². The lowest BCUT2D eigenvalue weighted by atomic mass is 9.95. The first kappa shape index (κ1) is 24.7. The van der Waals surface area contributed by atoms with Crippen LogP contribution in [-0.4, -0.2) is 51.4 Å². The Balaban J connectivity index is 1.41. The van der Waals surface area contributed by atoms with Crippen LogP contribution >= 0.6 is 0 Å². The van der Waals surface area contributed by atoms with Gasteiger partial charge in [-0.15, -0.1) is 0 Å². The molecule has 1 aliphatic carbocycles. The number of rotatable bonds is 7. The fraction of sp³-hybridized carbons (Fsp3) is 0.321. The van der Waals surface area contributed by atoms with E-state index in [4.69, 9.17) is 14.5 Å². The largest absolute Gasteiger partial charge is 0.488 e. The molecule has 3 heterocycles. The Bertz CT molecular complexity index is 1430. The van der Waals surface area contributed by atoms with Gasteiger partial charge in [0, 0.05) is 24.2 Å². The zero-order chi connectivity index (χ0) is 26.1. The van der Waals surface area contributed by atoms with Gasteiger partial charge in [-0.05, 0) is 68.1 Å². The molecule has 8 nitrogen and oxygen atoms in total. The van der Waals surface area contributed by atoms with Crippen LogP contribution in [0.4, 0.5) is 4.39 Å². The summed E-state index contributed by atoms with van der Waals surface area (Å²) in [5, 5.41) is 13.6. The Morgan fingerprint density at radius 1 is 1.24 bits per heavy atom. The molecule has 0 saturated carbocycles. The van der Waals surface area contributed by atoms with E-state index in [-0.39, 0.29) is 23.9 Å². The number of aromatic nitrogens is 3. The SMILES string of the molecule is COc1c(C(=O)O)cnn1-c1cccc(C2=CCCC(C)=C2OCc2cc(F)c3c(c2)CCN(C)C3)n1. The number of carbonyl (C=O) groups is 1. The van der Waals surface area contributed by atoms with Crippen LogP contribution in [0.3, 0.4) is 0 Å². The van der Waals surface area contributed by atoms with E-state index in [0.717, 1.165) is 59.4 Å². The van der Waals surface area contributed by atoms with Crippen LogP contribution in [0.15, 0.2) is 53.9 Å². The summed E-state index contributed by atoms with van der Waals surface area (Å²) in [6.07, 6.45) is 5.85. The van der Waals surface area contributed by atoms with Crippen molar-refractivity contribution in [2.75, 3.05) is 20.7 Å². The molecule has 5 rings (SSSR count). The molecule has 0 radical (unpaired) electrons. The Morgan fingerprint density at radius 2 is 2.08 bits per heavy atom. The van der Waals surface area contributed by atoms with Gasteiger partial charge in [-0.3, -0.25) is 0 Å². The van der Waals surface area contributed by atoms with E-state index in [1.54, 1.807) is 12.1 Å². The zero-order valence-corrected chi connectivity index (χ0v) is 21.1. The van der Waals surface area contributed by atoms with E-state index < -0.39 is 5.97 Å². The van der Waals surface area contributed by atoms with E-state index in [0.29, 0.717) is 18.1 Å². The van der Waals surface area contributed by atoms with Crippen molar-refractivity contribution in [2.24, 2.45) is 0 Å². The lowest BCUT2D eigenvalue weighted by Crippen LogP contribution is -2.27. The van der Waals surface area contributed by atoms with Crippen LogP contribution in [0.5, 0.6) is 5.88 Å². The number of hydrogen-bond donors (Lipinski definition) is 1. The number of hydrogen-bond acceptors (Lipinski definition) is 6. The molecule has 0 bridgehead atoms. The van der Waals surface area contributed by atoms with Crippen molar-refractivity contribution >= 4 is 11.5 Å². The summed E-state index contributed by atoms with van der Waals surface area (Å²) >= 11 is 0. The number of carboxylic acid groups (broad SMARTS) is 1. The van der Waals surface area contributed by atoms with Crippen LogP contribution in [-0.2, 0) is 24.3 Å². The molecule has 0 saturated heterocycles. The van der Waals surface area contributed by atoms with E-state index >= 15 is 0 Å². The summed E-state index contributed by atoms with van der Waals surface area (Å²) in [6.45, 7) is 3.81. The second kappa shape index (κ2) is 10.2. The molecule has 2 aliphatic rings. The number of methoxy groups -OCH3 is 1. The summed E-state index contributed by atoms with van der Waals surface area (Å²) in [5.41, 5.74) is 5.17. The van der Waals surface area contributed by atoms with Gasteiger partial charge in [-0.25, -0.2) is 14.2 Å². The number of aromatic carboxylic acids is 1. The molecule has 0 fully saturated rings. The van der Waals surface area contributed by atoms with Gasteiger partial charge < -0.3 is 19.5 Å². The summed E-state index contributed by atoms with van der Waals surface area (Å²) in [6, 6.07) is 9.07. The molecule has 0 amide bonds. The van der Waals surface area contributed by atoms with Crippen LogP contribution in [0.2, 0.25) is 0 Å². The standard InChI is InChI=1S/C28H29FN4O4/c1-17-6-4-7-20(24-8-5-9-25(31-24)33-27(36-3)21(14-30-33)28(34)35)26(17)37-16-18-12-19-10-11-32(2)15-22(19)23(29)13-18/h5,7-9,12-14H,4,6,10-11,15-16H2,1-3H3,(H,34,35). The number of likely N-dealkylation sites (N-methyl/N-ethyl adjacent to an activating group) is 1. The quantitative estimate of drug-likeness (QED) is 0.496. The highest BCUT2D eigenvalue weighted by Gasteiger charge is 2.23. The predicted octanol–water partition coefficient (Wildman–Crippen LogP) is 4.77. The number of halogens is 1. The highest BCUT2D eigenvalue weighted by molar-refractivity contribution is 5.90. The third-order valence-corrected chi connectivity index (χ3v) is 6.80. The normalized spacial score (nSPS) is 15.8. The maximum absolute atomic E-state index is 14.8. The topological polar surface area (TPSA) is 89.7 Å². The monoisotopic (exact) mass is 504 g/mol. The minimum atomic E-state index is -1.13. The Kier molecular flexibility index (Phi) is 6.80. The first-order chi connectivity index (χ1) is 17.9. The molecular formula is C28H29FN4O4. The average molecular weight is 505 g/mol. The Hall–Kier alpha value is -3.98. The molecule has 0 atom stereocenters. The molecule has 9 heteroatoms. The number of allylic oxidation sites excluding steroid dienone is 3. The van der Waals surface area contributed by atoms with E-state index in [1.807, 2.05) is 26.1 Å². The van der Waals surface area contributed by atoms with Crippen LogP contribution in [0.1, 0.15) is 52.5 Å². The van der Waals surface area contributed by atoms with E-state index in [2.05, 4.69) is 22.1 Å². The molecule has 1 aliphatic heterocycles. The van der Waals surface area contributed by atoms with Crippen LogP contribution < -0.4 is 4.74 Å². The first-order valence-corrected chi connectivity index (χ1v) is 12.2. The zero-order valence-electron chi connectivity index (χ0n) is 21.1. The van der Waals surface area contributed by atoms with Gasteiger partial charge in [0.15, 0.2) is 5.82 Å². The highest BCUT2D eigenvalue weighted by atomic mass is 19.1. The minimum Gasteiger partial charge on any atom is -0.488 e. The summed E-state index contributed by atoms with van der Waals surface area (Å²) in [4.78, 5) is 18.4. The van der Waals surface area contributed by atoms with Crippen molar-refractivity contribution in [3.8, 4) is 11.7 Å². The van der Waals surface area contributed by atoms with Crippen LogP contribution in [0.25, 0.3) is 11.4 Å². The van der Waals surface area contributed by atoms with Gasteiger partial charge in [0.25, 0.3) is 0 Å². The van der Waals surface area contributed by atoms with E-state index in [9.17, 15) is 14.3 Å². The van der Waals surface area contributed by atoms with E-state index in [1.165, 1.54) is 18.0 Å². The Morgan fingerprint density at radius 3 is 2.86 bits per heavy atom. The smallest absolute Gasteiger partial charge is 0.342 e. The maximum atomic E-state index is 14.8. The van der Waals surface area contributed by atoms with Gasteiger partial charge in [0.1, 0.15) is 23.7 Å². The fourth-order valence-electron chi connectivity index (χ4n) is 4.88. The van der Waals surface area contributed by atoms with Crippen molar-refractivity contribution in [3.63, 3.8) is 0 Å². The van der Waals surface area contributed by atoms with Crippen molar-refractivity contribution in [1.29, 1.82) is 0 Å². The minimum absolute atomic E-state index is 0.0460. The molecule has 1 N–H and O–H groups in total. The van der Waals surface area contributed by atoms with Gasteiger partial charge in [-0.1, -0.05) is 18.2 Å². The van der Waals surface area contributed by atoms with Gasteiger partial charge in [0.2, 0.25) is 5.88 Å². The number of carboxylic acids is 1. The van der Waals surface area contributed by atoms with Gasteiger partial charge >= 0.3 is 5.97 Å². The number of pyridine rings is 1. The van der Waals surface area contributed by atoms with Crippen molar-refractivity contribution in [1.82, 2.24) is 19.7 Å². The number of fused-ring (bicyclic) bond motifs is 1. The lowest BCUT2D eigenvalue weighted by Gasteiger charge is -2.26. The molecule has 1 aromatic carbocycles. The van der Waals surface area contributed by atoms with Gasteiger partial charge in [0.05, 0.1) is 19.0 Å². The molecule has 3 aromatic rings. The Labute approximate surface area is 214 Å². The lowest BCUT2D eigenvalue weighted by molar-refractivity contribution is 0.0693. The molecular weight excluding hydrogens is 475 g/mol. The van der Waals surface area contributed by atoms with Gasteiger partial charge in [-0.2, -0.15) is 9.78 Å². The number of nitrogens with zero attached hydrogens (tertiary/aromatic N) is 4. The summed E-state index contributed by atoms with van der Waals surface area (Å²) in [7, 11) is 3.40. The first-order valence-electron chi connectivity index (χ1n) is 12.2. The highest BCUT2D eigenvalue weighted by Crippen LogP contribution is 2.34. The summed E-state index contributed by atoms with van der Waals surface area (Å²) in [5.74, 6) is -0.0665. The number of benzene rings is 1. The average Bonchev–Trinajstić information content (AvgIpc) is 3.33. The predicted molar refractivity (Wildman–Crippen MR) is 136 cm³/mol. The molecule has 0 unspecified atom stereocenters. The molecule has 192 valence electrons. The maximum Gasteiger partial charge on any atom is 0.342 e. The molecule has 2 aromatic heterocycles. The third kappa shape index (κ3) is 4.86. The third-order valence-electron chi connectivity index (χ3n) is 6.80. The number of ether oxygens (including phenoxy) is 2. The van der Waals surface area contributed by atoms with Crippen molar-refractivity contribution in [2.45, 2.75) is 39.3 Å². The molecule has 0 spiro atoms. The molecule has 37 heavy (non-hydrogen) atoms. The second-order valence-electron chi connectivity index (χ2n) is 9.42. The summed E-state index contributed by atoms with van der Waals surface area (Å²) < 4.78 is 27.8. The van der Waals surface area contributed by atoms with Crippen molar-refractivity contribution < 1.29 is 23.8 Å². The fourth-order valence-corrected chi connectivity index (χ4v) is 4.88. The van der Waals surface area contributed by atoms with Crippen molar-refractivity contribution in [3.05, 3.63) is 87.7 Å². The second-order valence-corrected chi connectivity index (χ2v) is 9.42.